The summed E-state index contributed by atoms with van der Waals surface area (Å²) in [5.41, 5.74) is 4.86. The van der Waals surface area contributed by atoms with Crippen molar-refractivity contribution in [2.45, 2.75) is 6.92 Å². The third kappa shape index (κ3) is 6.74. The summed E-state index contributed by atoms with van der Waals surface area (Å²) in [4.78, 5) is 34.1. The average Bonchev–Trinajstić information content (AvgIpc) is 2.71. The number of nitrogens with one attached hydrogen (secondary N) is 3. The van der Waals surface area contributed by atoms with E-state index in [0.717, 1.165) is 0 Å². The molecule has 0 fully saturated rings. The number of nitro groups is 1. The first-order valence-corrected chi connectivity index (χ1v) is 8.80. The molecular weight excluding hydrogens is 400 g/mol. The first-order chi connectivity index (χ1) is 13.9. The summed E-state index contributed by atoms with van der Waals surface area (Å²) in [5, 5.41) is 12.9. The highest BCUT2D eigenvalue weighted by molar-refractivity contribution is 7.80. The molecule has 0 aromatic heterocycles. The molecule has 2 amide bonds. The molecule has 0 unspecified atom stereocenters. The SMILES string of the molecule is CCOc1ccccc1C(=O)NC(=S)NNC(=O)COc1ccc([N+](=O)[O-])cc1. The Labute approximate surface area is 171 Å². The number of non-ortho nitro benzene ring substituents is 1. The molecule has 0 heterocycles. The molecule has 0 saturated carbocycles. The Morgan fingerprint density at radius 1 is 1.07 bits per heavy atom. The van der Waals surface area contributed by atoms with Crippen LogP contribution in [0.2, 0.25) is 0 Å². The number of hydrogen-bond acceptors (Lipinski definition) is 7. The van der Waals surface area contributed by atoms with Crippen LogP contribution >= 0.6 is 12.2 Å². The number of benzene rings is 2. The van der Waals surface area contributed by atoms with Gasteiger partial charge in [0.2, 0.25) is 0 Å². The number of amides is 2. The topological polar surface area (TPSA) is 132 Å². The second kappa shape index (κ2) is 10.6. The lowest BCUT2D eigenvalue weighted by molar-refractivity contribution is -0.384. The smallest absolute Gasteiger partial charge is 0.276 e. The van der Waals surface area contributed by atoms with Gasteiger partial charge in [-0.25, -0.2) is 0 Å². The third-order valence-electron chi connectivity index (χ3n) is 3.39. The number of thiocarbonyl (C=S) groups is 1. The number of nitro benzene ring substituents is 1. The van der Waals surface area contributed by atoms with Crippen molar-refractivity contribution >= 4 is 34.8 Å². The van der Waals surface area contributed by atoms with Gasteiger partial charge in [-0.05, 0) is 43.4 Å². The number of hydrogen-bond donors (Lipinski definition) is 3. The first-order valence-electron chi connectivity index (χ1n) is 8.40. The van der Waals surface area contributed by atoms with Crippen molar-refractivity contribution in [2.24, 2.45) is 0 Å². The van der Waals surface area contributed by atoms with E-state index in [-0.39, 0.29) is 23.2 Å². The zero-order valence-corrected chi connectivity index (χ0v) is 16.2. The van der Waals surface area contributed by atoms with E-state index in [1.54, 1.807) is 31.2 Å². The van der Waals surface area contributed by atoms with Crippen LogP contribution in [0.25, 0.3) is 0 Å². The Balaban J connectivity index is 1.77. The number of carbonyl (C=O) groups excluding carboxylic acids is 2. The van der Waals surface area contributed by atoms with Crippen LogP contribution in [0.5, 0.6) is 11.5 Å². The van der Waals surface area contributed by atoms with E-state index in [1.807, 2.05) is 0 Å². The van der Waals surface area contributed by atoms with Crippen molar-refractivity contribution in [3.05, 3.63) is 64.2 Å². The fourth-order valence-electron chi connectivity index (χ4n) is 2.11. The summed E-state index contributed by atoms with van der Waals surface area (Å²) in [5.74, 6) is -0.373. The molecule has 0 saturated heterocycles. The normalized spacial score (nSPS) is 9.83. The quantitative estimate of drug-likeness (QED) is 0.352. The maximum atomic E-state index is 12.3. The van der Waals surface area contributed by atoms with Crippen LogP contribution in [0.4, 0.5) is 5.69 Å². The lowest BCUT2D eigenvalue weighted by Crippen LogP contribution is -2.49. The van der Waals surface area contributed by atoms with E-state index in [1.165, 1.54) is 24.3 Å². The summed E-state index contributed by atoms with van der Waals surface area (Å²) >= 11 is 4.97. The van der Waals surface area contributed by atoms with Crippen LogP contribution in [0.15, 0.2) is 48.5 Å². The van der Waals surface area contributed by atoms with E-state index >= 15 is 0 Å². The summed E-state index contributed by atoms with van der Waals surface area (Å²) in [6, 6.07) is 11.9. The van der Waals surface area contributed by atoms with E-state index in [4.69, 9.17) is 21.7 Å². The Morgan fingerprint density at radius 2 is 1.76 bits per heavy atom. The van der Waals surface area contributed by atoms with Crippen LogP contribution in [0.1, 0.15) is 17.3 Å². The van der Waals surface area contributed by atoms with Gasteiger partial charge in [0, 0.05) is 12.1 Å². The fraction of sp³-hybridized carbons (Fsp3) is 0.167. The number of rotatable bonds is 7. The van der Waals surface area contributed by atoms with E-state index in [9.17, 15) is 19.7 Å². The van der Waals surface area contributed by atoms with Gasteiger partial charge < -0.3 is 9.47 Å². The van der Waals surface area contributed by atoms with Gasteiger partial charge in [0.1, 0.15) is 11.5 Å². The number of hydrazine groups is 1. The summed E-state index contributed by atoms with van der Waals surface area (Å²) < 4.78 is 10.6. The van der Waals surface area contributed by atoms with Crippen LogP contribution in [-0.2, 0) is 4.79 Å². The fourth-order valence-corrected chi connectivity index (χ4v) is 2.26. The van der Waals surface area contributed by atoms with E-state index < -0.39 is 16.7 Å². The highest BCUT2D eigenvalue weighted by Gasteiger charge is 2.13. The van der Waals surface area contributed by atoms with Gasteiger partial charge in [0.25, 0.3) is 17.5 Å². The van der Waals surface area contributed by atoms with Crippen molar-refractivity contribution in [1.82, 2.24) is 16.2 Å². The highest BCUT2D eigenvalue weighted by atomic mass is 32.1. The summed E-state index contributed by atoms with van der Waals surface area (Å²) in [7, 11) is 0. The number of ether oxygens (including phenoxy) is 2. The molecule has 0 radical (unpaired) electrons. The van der Waals surface area contributed by atoms with E-state index in [2.05, 4.69) is 16.2 Å². The monoisotopic (exact) mass is 418 g/mol. The van der Waals surface area contributed by atoms with Crippen molar-refractivity contribution in [3.8, 4) is 11.5 Å². The molecule has 10 nitrogen and oxygen atoms in total. The largest absolute Gasteiger partial charge is 0.493 e. The van der Waals surface area contributed by atoms with Gasteiger partial charge in [-0.1, -0.05) is 12.1 Å². The number of carbonyl (C=O) groups is 2. The zero-order chi connectivity index (χ0) is 21.2. The Hall–Kier alpha value is -3.73. The van der Waals surface area contributed by atoms with E-state index in [0.29, 0.717) is 17.9 Å². The molecular formula is C18H18N4O6S. The van der Waals surface area contributed by atoms with Crippen molar-refractivity contribution < 1.29 is 24.0 Å². The highest BCUT2D eigenvalue weighted by Crippen LogP contribution is 2.18. The van der Waals surface area contributed by atoms with Crippen LogP contribution in [0.3, 0.4) is 0 Å². The number of nitrogens with zero attached hydrogens (tertiary/aromatic N) is 1. The zero-order valence-electron chi connectivity index (χ0n) is 15.3. The molecule has 2 aromatic rings. The lowest BCUT2D eigenvalue weighted by Gasteiger charge is -2.13. The minimum Gasteiger partial charge on any atom is -0.493 e. The Bertz CT molecular complexity index is 903. The van der Waals surface area contributed by atoms with Gasteiger partial charge in [-0.2, -0.15) is 0 Å². The van der Waals surface area contributed by atoms with Gasteiger partial charge in [-0.15, -0.1) is 0 Å². The van der Waals surface area contributed by atoms with Gasteiger partial charge in [-0.3, -0.25) is 35.9 Å². The lowest BCUT2D eigenvalue weighted by atomic mass is 10.2. The number of para-hydroxylation sites is 1. The molecule has 0 atom stereocenters. The van der Waals surface area contributed by atoms with Crippen LogP contribution in [0, 0.1) is 10.1 Å². The molecule has 0 aliphatic carbocycles. The van der Waals surface area contributed by atoms with Crippen molar-refractivity contribution in [2.75, 3.05) is 13.2 Å². The third-order valence-corrected chi connectivity index (χ3v) is 3.60. The average molecular weight is 418 g/mol. The maximum absolute atomic E-state index is 12.3. The molecule has 0 bridgehead atoms. The molecule has 2 rings (SSSR count). The van der Waals surface area contributed by atoms with Crippen LogP contribution in [-0.4, -0.2) is 35.1 Å². The molecule has 152 valence electrons. The first kappa shape index (κ1) is 21.6. The summed E-state index contributed by atoms with van der Waals surface area (Å²) in [6.07, 6.45) is 0. The van der Waals surface area contributed by atoms with Gasteiger partial charge in [0.15, 0.2) is 11.7 Å². The molecule has 0 spiro atoms. The molecule has 2 aromatic carbocycles. The second-order valence-electron chi connectivity index (χ2n) is 5.43. The Morgan fingerprint density at radius 3 is 2.41 bits per heavy atom. The maximum Gasteiger partial charge on any atom is 0.276 e. The second-order valence-corrected chi connectivity index (χ2v) is 5.83. The van der Waals surface area contributed by atoms with Crippen LogP contribution < -0.4 is 25.6 Å². The summed E-state index contributed by atoms with van der Waals surface area (Å²) in [6.45, 7) is 1.83. The molecule has 11 heteroatoms. The molecule has 29 heavy (non-hydrogen) atoms. The van der Waals surface area contributed by atoms with Gasteiger partial charge in [0.05, 0.1) is 17.1 Å². The predicted octanol–water partition coefficient (Wildman–Crippen LogP) is 1.71. The van der Waals surface area contributed by atoms with Crippen molar-refractivity contribution in [1.29, 1.82) is 0 Å². The standard InChI is InChI=1S/C18H18N4O6S/c1-2-27-15-6-4-3-5-14(15)17(24)19-18(29)21-20-16(23)11-28-13-9-7-12(8-10-13)22(25)26/h3-10H,2,11H2,1H3,(H,20,23)(H2,19,21,24,29). The predicted molar refractivity (Wildman–Crippen MR) is 108 cm³/mol. The minimum absolute atomic E-state index is 0.0875. The minimum atomic E-state index is -0.574. The molecule has 0 aliphatic rings. The van der Waals surface area contributed by atoms with Gasteiger partial charge >= 0.3 is 0 Å². The van der Waals surface area contributed by atoms with Crippen molar-refractivity contribution in [3.63, 3.8) is 0 Å². The Kier molecular flexibility index (Phi) is 7.86. The molecule has 0 aliphatic heterocycles. The molecule has 3 N–H and O–H groups in total.